The number of phenols is 1. The molecule has 0 saturated carbocycles. The monoisotopic (exact) mass is 263 g/mol. The Labute approximate surface area is 106 Å². The first-order chi connectivity index (χ1) is 8.46. The predicted molar refractivity (Wildman–Crippen MR) is 72.0 cm³/mol. The number of para-hydroxylation sites is 1. The number of hydrogen-bond acceptors (Lipinski definition) is 3. The second-order valence-electron chi connectivity index (χ2n) is 3.97. The molecule has 94 valence electrons. The van der Waals surface area contributed by atoms with E-state index in [0.717, 1.165) is 11.8 Å². The Hall–Kier alpha value is -2.01. The van der Waals surface area contributed by atoms with Gasteiger partial charge in [-0.25, -0.2) is 8.42 Å². The van der Waals surface area contributed by atoms with Gasteiger partial charge in [-0.05, 0) is 23.8 Å². The van der Waals surface area contributed by atoms with Gasteiger partial charge in [-0.3, -0.25) is 4.72 Å². The molecule has 0 spiro atoms. The molecule has 2 aromatic rings. The molecule has 18 heavy (non-hydrogen) atoms. The summed E-state index contributed by atoms with van der Waals surface area (Å²) >= 11 is 0. The highest BCUT2D eigenvalue weighted by Crippen LogP contribution is 2.30. The summed E-state index contributed by atoms with van der Waals surface area (Å²) in [6.45, 7) is 0. The van der Waals surface area contributed by atoms with Crippen LogP contribution in [0.4, 0.5) is 5.69 Å². The third-order valence-electron chi connectivity index (χ3n) is 2.38. The molecular weight excluding hydrogens is 250 g/mol. The summed E-state index contributed by atoms with van der Waals surface area (Å²) in [5.74, 6) is 0.161. The fourth-order valence-electron chi connectivity index (χ4n) is 1.68. The van der Waals surface area contributed by atoms with Crippen LogP contribution in [0.2, 0.25) is 0 Å². The van der Waals surface area contributed by atoms with Crippen molar-refractivity contribution in [3.8, 4) is 16.9 Å². The van der Waals surface area contributed by atoms with Gasteiger partial charge in [0.2, 0.25) is 10.0 Å². The molecule has 0 radical (unpaired) electrons. The van der Waals surface area contributed by atoms with Crippen molar-refractivity contribution in [2.45, 2.75) is 0 Å². The molecule has 0 bridgehead atoms. The van der Waals surface area contributed by atoms with E-state index in [1.54, 1.807) is 36.4 Å². The summed E-state index contributed by atoms with van der Waals surface area (Å²) in [5, 5.41) is 9.75. The van der Waals surface area contributed by atoms with Crippen molar-refractivity contribution in [3.05, 3.63) is 48.5 Å². The van der Waals surface area contributed by atoms with E-state index in [1.165, 1.54) is 0 Å². The van der Waals surface area contributed by atoms with Crippen LogP contribution in [0.15, 0.2) is 48.5 Å². The van der Waals surface area contributed by atoms with Crippen LogP contribution in [0.5, 0.6) is 5.75 Å². The molecule has 0 saturated heterocycles. The molecule has 0 atom stereocenters. The van der Waals surface area contributed by atoms with Crippen molar-refractivity contribution < 1.29 is 13.5 Å². The lowest BCUT2D eigenvalue weighted by molar-refractivity contribution is 0.477. The number of hydrogen-bond donors (Lipinski definition) is 2. The fourth-order valence-corrected chi connectivity index (χ4v) is 2.24. The van der Waals surface area contributed by atoms with Crippen molar-refractivity contribution >= 4 is 15.7 Å². The van der Waals surface area contributed by atoms with Gasteiger partial charge >= 0.3 is 0 Å². The lowest BCUT2D eigenvalue weighted by atomic mass is 10.0. The van der Waals surface area contributed by atoms with Crippen molar-refractivity contribution in [3.63, 3.8) is 0 Å². The molecule has 5 heteroatoms. The van der Waals surface area contributed by atoms with Crippen LogP contribution in [0.3, 0.4) is 0 Å². The molecule has 0 unspecified atom stereocenters. The lowest BCUT2D eigenvalue weighted by Gasteiger charge is -2.08. The molecule has 2 N–H and O–H groups in total. The van der Waals surface area contributed by atoms with Gasteiger partial charge in [0.15, 0.2) is 0 Å². The normalized spacial score (nSPS) is 11.2. The molecule has 0 aromatic heterocycles. The van der Waals surface area contributed by atoms with Gasteiger partial charge in [-0.15, -0.1) is 0 Å². The van der Waals surface area contributed by atoms with Gasteiger partial charge in [0, 0.05) is 11.3 Å². The summed E-state index contributed by atoms with van der Waals surface area (Å²) in [6, 6.07) is 13.8. The highest BCUT2D eigenvalue weighted by atomic mass is 32.2. The summed E-state index contributed by atoms with van der Waals surface area (Å²) in [4.78, 5) is 0. The van der Waals surface area contributed by atoms with Gasteiger partial charge < -0.3 is 5.11 Å². The Bertz CT molecular complexity index is 665. The fraction of sp³-hybridized carbons (Fsp3) is 0.0769. The molecule has 0 amide bonds. The van der Waals surface area contributed by atoms with Crippen molar-refractivity contribution in [2.75, 3.05) is 11.0 Å². The second kappa shape index (κ2) is 4.70. The van der Waals surface area contributed by atoms with Crippen LogP contribution in [0.1, 0.15) is 0 Å². The standard InChI is InChI=1S/C13H13NO3S/c1-18(16,17)14-11-6-4-5-10(9-11)12-7-2-3-8-13(12)15/h2-9,14-15H,1H3. The Morgan fingerprint density at radius 1 is 1.06 bits per heavy atom. The number of sulfonamides is 1. The Kier molecular flexibility index (Phi) is 3.25. The molecule has 2 rings (SSSR count). The highest BCUT2D eigenvalue weighted by molar-refractivity contribution is 7.92. The SMILES string of the molecule is CS(=O)(=O)Nc1cccc(-c2ccccc2O)c1. The van der Waals surface area contributed by atoms with Crippen LogP contribution in [-0.4, -0.2) is 19.8 Å². The maximum absolute atomic E-state index is 11.2. The highest BCUT2D eigenvalue weighted by Gasteiger charge is 2.06. The Morgan fingerprint density at radius 2 is 1.78 bits per heavy atom. The van der Waals surface area contributed by atoms with Crippen LogP contribution in [0, 0.1) is 0 Å². The zero-order chi connectivity index (χ0) is 13.2. The quantitative estimate of drug-likeness (QED) is 0.893. The zero-order valence-electron chi connectivity index (χ0n) is 9.79. The number of aromatic hydroxyl groups is 1. The average Bonchev–Trinajstić information content (AvgIpc) is 2.27. The van der Waals surface area contributed by atoms with Gasteiger partial charge in [-0.1, -0.05) is 30.3 Å². The van der Waals surface area contributed by atoms with Crippen LogP contribution < -0.4 is 4.72 Å². The van der Waals surface area contributed by atoms with E-state index in [4.69, 9.17) is 0 Å². The lowest BCUT2D eigenvalue weighted by Crippen LogP contribution is -2.09. The van der Waals surface area contributed by atoms with E-state index < -0.39 is 10.0 Å². The molecule has 0 heterocycles. The topological polar surface area (TPSA) is 66.4 Å². The minimum Gasteiger partial charge on any atom is -0.507 e. The van der Waals surface area contributed by atoms with Gasteiger partial charge in [0.05, 0.1) is 6.26 Å². The van der Waals surface area contributed by atoms with Crippen molar-refractivity contribution in [1.82, 2.24) is 0 Å². The van der Waals surface area contributed by atoms with Gasteiger partial charge in [0.25, 0.3) is 0 Å². The maximum atomic E-state index is 11.2. The zero-order valence-corrected chi connectivity index (χ0v) is 10.6. The van der Waals surface area contributed by atoms with Gasteiger partial charge in [0.1, 0.15) is 5.75 Å². The third kappa shape index (κ3) is 3.01. The molecule has 0 aliphatic rings. The first-order valence-electron chi connectivity index (χ1n) is 5.32. The minimum atomic E-state index is -3.30. The van der Waals surface area contributed by atoms with Crippen LogP contribution in [0.25, 0.3) is 11.1 Å². The van der Waals surface area contributed by atoms with Crippen LogP contribution >= 0.6 is 0 Å². The summed E-state index contributed by atoms with van der Waals surface area (Å²) < 4.78 is 24.7. The molecular formula is C13H13NO3S. The second-order valence-corrected chi connectivity index (χ2v) is 5.72. The first kappa shape index (κ1) is 12.4. The number of rotatable bonds is 3. The summed E-state index contributed by atoms with van der Waals surface area (Å²) in [7, 11) is -3.30. The van der Waals surface area contributed by atoms with Crippen molar-refractivity contribution in [1.29, 1.82) is 0 Å². The smallest absolute Gasteiger partial charge is 0.229 e. The van der Waals surface area contributed by atoms with E-state index in [-0.39, 0.29) is 5.75 Å². The summed E-state index contributed by atoms with van der Waals surface area (Å²) in [5.41, 5.74) is 1.88. The predicted octanol–water partition coefficient (Wildman–Crippen LogP) is 2.43. The van der Waals surface area contributed by atoms with E-state index in [0.29, 0.717) is 11.3 Å². The molecule has 4 nitrogen and oxygen atoms in total. The Morgan fingerprint density at radius 3 is 2.44 bits per heavy atom. The van der Waals surface area contributed by atoms with E-state index in [2.05, 4.69) is 4.72 Å². The van der Waals surface area contributed by atoms with Crippen LogP contribution in [-0.2, 0) is 10.0 Å². The third-order valence-corrected chi connectivity index (χ3v) is 2.99. The average molecular weight is 263 g/mol. The number of anilines is 1. The number of benzene rings is 2. The van der Waals surface area contributed by atoms with Crippen molar-refractivity contribution in [2.24, 2.45) is 0 Å². The molecule has 0 fully saturated rings. The van der Waals surface area contributed by atoms with E-state index >= 15 is 0 Å². The molecule has 2 aromatic carbocycles. The largest absolute Gasteiger partial charge is 0.507 e. The minimum absolute atomic E-state index is 0.161. The Balaban J connectivity index is 2.42. The number of phenolic OH excluding ortho intramolecular Hbond substituents is 1. The first-order valence-corrected chi connectivity index (χ1v) is 7.21. The molecule has 0 aliphatic carbocycles. The van der Waals surface area contributed by atoms with E-state index in [1.807, 2.05) is 12.1 Å². The molecule has 0 aliphatic heterocycles. The number of nitrogens with one attached hydrogen (secondary N) is 1. The summed E-state index contributed by atoms with van der Waals surface area (Å²) in [6.07, 6.45) is 1.10. The maximum Gasteiger partial charge on any atom is 0.229 e. The van der Waals surface area contributed by atoms with Gasteiger partial charge in [-0.2, -0.15) is 0 Å². The van der Waals surface area contributed by atoms with E-state index in [9.17, 15) is 13.5 Å².